The zero-order chi connectivity index (χ0) is 15.6. The fourth-order valence-corrected chi connectivity index (χ4v) is 2.04. The van der Waals surface area contributed by atoms with E-state index >= 15 is 0 Å². The van der Waals surface area contributed by atoms with Crippen molar-refractivity contribution in [1.29, 1.82) is 0 Å². The van der Waals surface area contributed by atoms with Crippen LogP contribution in [0.2, 0.25) is 10.0 Å². The molecule has 0 radical (unpaired) electrons. The van der Waals surface area contributed by atoms with Crippen molar-refractivity contribution in [3.63, 3.8) is 0 Å². The van der Waals surface area contributed by atoms with Crippen LogP contribution < -0.4 is 0 Å². The lowest BCUT2D eigenvalue weighted by Crippen LogP contribution is -2.07. The van der Waals surface area contributed by atoms with Crippen LogP contribution in [0.25, 0.3) is 0 Å². The van der Waals surface area contributed by atoms with Gasteiger partial charge in [0.15, 0.2) is 0 Å². The van der Waals surface area contributed by atoms with Crippen molar-refractivity contribution in [2.75, 3.05) is 0 Å². The third-order valence-corrected chi connectivity index (χ3v) is 3.39. The lowest BCUT2D eigenvalue weighted by molar-refractivity contribution is -0.136. The van der Waals surface area contributed by atoms with Crippen LogP contribution in [-0.2, 0) is 17.6 Å². The van der Waals surface area contributed by atoms with Gasteiger partial charge in [-0.25, -0.2) is 4.98 Å². The maximum Gasteiger partial charge on any atom is 0.309 e. The van der Waals surface area contributed by atoms with Crippen LogP contribution in [0.3, 0.4) is 0 Å². The molecular formula is C13H10Cl2N2O4. The first kappa shape index (κ1) is 15.3. The topological polar surface area (TPSA) is 104 Å². The lowest BCUT2D eigenvalue weighted by Gasteiger charge is -2.07. The molecule has 1 aromatic heterocycles. The fraction of sp³-hybridized carbons (Fsp3) is 0.154. The zero-order valence-corrected chi connectivity index (χ0v) is 12.1. The molecule has 8 heteroatoms. The molecule has 1 heterocycles. The van der Waals surface area contributed by atoms with E-state index in [9.17, 15) is 15.0 Å². The van der Waals surface area contributed by atoms with Crippen LogP contribution >= 0.6 is 23.2 Å². The highest BCUT2D eigenvalue weighted by atomic mass is 35.5. The molecule has 0 bridgehead atoms. The van der Waals surface area contributed by atoms with E-state index in [-0.39, 0.29) is 17.9 Å². The minimum Gasteiger partial charge on any atom is -0.502 e. The molecule has 0 aliphatic carbocycles. The number of carboxylic acids is 1. The molecule has 110 valence electrons. The summed E-state index contributed by atoms with van der Waals surface area (Å²) < 4.78 is 0. The minimum atomic E-state index is -1.18. The lowest BCUT2D eigenvalue weighted by atomic mass is 10.1. The van der Waals surface area contributed by atoms with Crippen LogP contribution in [0.15, 0.2) is 18.2 Å². The Kier molecular flexibility index (Phi) is 4.50. The summed E-state index contributed by atoms with van der Waals surface area (Å²) in [6, 6.07) is 4.93. The van der Waals surface area contributed by atoms with Crippen LogP contribution in [0.1, 0.15) is 17.1 Å². The van der Waals surface area contributed by atoms with Crippen molar-refractivity contribution in [2.45, 2.75) is 12.8 Å². The van der Waals surface area contributed by atoms with Crippen molar-refractivity contribution in [2.24, 2.45) is 0 Å². The van der Waals surface area contributed by atoms with E-state index in [1.807, 2.05) is 0 Å². The van der Waals surface area contributed by atoms with E-state index in [0.717, 1.165) is 5.56 Å². The molecule has 0 atom stereocenters. The molecule has 6 nitrogen and oxygen atoms in total. The van der Waals surface area contributed by atoms with Gasteiger partial charge in [-0.3, -0.25) is 4.79 Å². The number of hydrogen-bond acceptors (Lipinski definition) is 5. The molecule has 0 fully saturated rings. The monoisotopic (exact) mass is 328 g/mol. The van der Waals surface area contributed by atoms with Gasteiger partial charge >= 0.3 is 5.97 Å². The first-order chi connectivity index (χ1) is 9.86. The first-order valence-corrected chi connectivity index (χ1v) is 6.56. The SMILES string of the molecule is O=C(O)Cc1nc(Cc2ccc(Cl)c(Cl)c2)nc(O)c1O. The molecule has 1 aromatic carbocycles. The van der Waals surface area contributed by atoms with E-state index in [4.69, 9.17) is 28.3 Å². The number of rotatable bonds is 4. The predicted molar refractivity (Wildman–Crippen MR) is 76.0 cm³/mol. The van der Waals surface area contributed by atoms with Crippen LogP contribution in [0.4, 0.5) is 0 Å². The van der Waals surface area contributed by atoms with Gasteiger partial charge in [-0.2, -0.15) is 4.98 Å². The Hall–Kier alpha value is -2.05. The molecule has 3 N–H and O–H groups in total. The molecule has 0 aliphatic rings. The smallest absolute Gasteiger partial charge is 0.309 e. The first-order valence-electron chi connectivity index (χ1n) is 5.80. The van der Waals surface area contributed by atoms with Crippen molar-refractivity contribution in [3.05, 3.63) is 45.3 Å². The number of benzene rings is 1. The third-order valence-electron chi connectivity index (χ3n) is 2.65. The number of aromatic nitrogens is 2. The van der Waals surface area contributed by atoms with Gasteiger partial charge in [-0.15, -0.1) is 0 Å². The number of halogens is 2. The molecule has 0 saturated carbocycles. The molecule has 0 unspecified atom stereocenters. The van der Waals surface area contributed by atoms with Gasteiger partial charge < -0.3 is 15.3 Å². The summed E-state index contributed by atoms with van der Waals surface area (Å²) in [4.78, 5) is 18.4. The Morgan fingerprint density at radius 3 is 2.48 bits per heavy atom. The summed E-state index contributed by atoms with van der Waals surface area (Å²) in [5.74, 6) is -2.30. The molecule has 21 heavy (non-hydrogen) atoms. The number of nitrogens with zero attached hydrogens (tertiary/aromatic N) is 2. The second-order valence-corrected chi connectivity index (χ2v) is 5.07. The maximum absolute atomic E-state index is 10.7. The number of aliphatic carboxylic acids is 1. The van der Waals surface area contributed by atoms with Crippen molar-refractivity contribution >= 4 is 29.2 Å². The van der Waals surface area contributed by atoms with Gasteiger partial charge in [0.05, 0.1) is 16.5 Å². The van der Waals surface area contributed by atoms with E-state index in [1.165, 1.54) is 0 Å². The summed E-state index contributed by atoms with van der Waals surface area (Å²) in [6.07, 6.45) is -0.312. The van der Waals surface area contributed by atoms with Gasteiger partial charge in [-0.05, 0) is 17.7 Å². The minimum absolute atomic E-state index is 0.148. The quantitative estimate of drug-likeness (QED) is 0.796. The highest BCUT2D eigenvalue weighted by Gasteiger charge is 2.16. The molecule has 0 spiro atoms. The summed E-state index contributed by atoms with van der Waals surface area (Å²) in [6.45, 7) is 0. The Bertz CT molecular complexity index is 707. The predicted octanol–water partition coefficient (Wildman–Crippen LogP) is 2.41. The molecule has 0 amide bonds. The Balaban J connectivity index is 2.33. The molecule has 0 aliphatic heterocycles. The van der Waals surface area contributed by atoms with E-state index < -0.39 is 24.0 Å². The average Bonchev–Trinajstić information content (AvgIpc) is 2.39. The van der Waals surface area contributed by atoms with Crippen molar-refractivity contribution in [1.82, 2.24) is 9.97 Å². The Morgan fingerprint density at radius 1 is 1.14 bits per heavy atom. The summed E-state index contributed by atoms with van der Waals surface area (Å²) in [5, 5.41) is 28.6. The van der Waals surface area contributed by atoms with E-state index in [2.05, 4.69) is 9.97 Å². The average molecular weight is 329 g/mol. The van der Waals surface area contributed by atoms with Gasteiger partial charge in [0.25, 0.3) is 5.88 Å². The van der Waals surface area contributed by atoms with Crippen molar-refractivity contribution in [3.8, 4) is 11.6 Å². The van der Waals surface area contributed by atoms with Crippen LogP contribution in [0, 0.1) is 0 Å². The van der Waals surface area contributed by atoms with Crippen LogP contribution in [-0.4, -0.2) is 31.3 Å². The molecule has 0 saturated heterocycles. The number of hydrogen-bond donors (Lipinski definition) is 3. The second-order valence-electron chi connectivity index (χ2n) is 4.25. The maximum atomic E-state index is 10.7. The standard InChI is InChI=1S/C13H10Cl2N2O4/c14-7-2-1-6(3-8(7)15)4-10-16-9(5-11(18)19)12(20)13(21)17-10/h1-3,20H,4-5H2,(H,18,19)(H,16,17,21). The molecule has 2 aromatic rings. The number of aromatic hydroxyl groups is 2. The molecular weight excluding hydrogens is 319 g/mol. The van der Waals surface area contributed by atoms with Crippen molar-refractivity contribution < 1.29 is 20.1 Å². The van der Waals surface area contributed by atoms with Gasteiger partial charge in [0.1, 0.15) is 11.5 Å². The fourth-order valence-electron chi connectivity index (χ4n) is 1.72. The van der Waals surface area contributed by atoms with E-state index in [1.54, 1.807) is 18.2 Å². The zero-order valence-electron chi connectivity index (χ0n) is 10.5. The number of carboxylic acid groups (broad SMARTS) is 1. The van der Waals surface area contributed by atoms with E-state index in [0.29, 0.717) is 10.0 Å². The summed E-state index contributed by atoms with van der Waals surface area (Å²) >= 11 is 11.7. The second kappa shape index (κ2) is 6.15. The summed E-state index contributed by atoms with van der Waals surface area (Å²) in [5.41, 5.74) is 0.584. The normalized spacial score (nSPS) is 10.6. The van der Waals surface area contributed by atoms with Gasteiger partial charge in [-0.1, -0.05) is 29.3 Å². The van der Waals surface area contributed by atoms with Gasteiger partial charge in [0.2, 0.25) is 5.75 Å². The highest BCUT2D eigenvalue weighted by Crippen LogP contribution is 2.27. The van der Waals surface area contributed by atoms with Gasteiger partial charge in [0, 0.05) is 6.42 Å². The largest absolute Gasteiger partial charge is 0.502 e. The Morgan fingerprint density at radius 2 is 1.86 bits per heavy atom. The third kappa shape index (κ3) is 3.74. The Labute approximate surface area is 129 Å². The number of carbonyl (C=O) groups is 1. The highest BCUT2D eigenvalue weighted by molar-refractivity contribution is 6.42. The summed E-state index contributed by atoms with van der Waals surface area (Å²) in [7, 11) is 0. The van der Waals surface area contributed by atoms with Crippen LogP contribution in [0.5, 0.6) is 11.6 Å². The molecule has 2 rings (SSSR count).